The minimum absolute atomic E-state index is 0.0588. The highest BCUT2D eigenvalue weighted by Gasteiger charge is 2.16. The first-order valence-electron chi connectivity index (χ1n) is 9.72. The number of amides is 2. The Balaban J connectivity index is 1.41. The van der Waals surface area contributed by atoms with Crippen LogP contribution >= 0.6 is 0 Å². The molecule has 0 radical (unpaired) electrons. The first kappa shape index (κ1) is 21.3. The average molecular weight is 411 g/mol. The Bertz CT molecular complexity index is 877. The van der Waals surface area contributed by atoms with Gasteiger partial charge in [0, 0.05) is 18.7 Å². The predicted molar refractivity (Wildman–Crippen MR) is 112 cm³/mol. The first-order valence-corrected chi connectivity index (χ1v) is 9.72. The first-order chi connectivity index (χ1) is 14.6. The van der Waals surface area contributed by atoms with Crippen LogP contribution in [0.25, 0.3) is 0 Å². The second kappa shape index (κ2) is 11.0. The minimum Gasteiger partial charge on any atom is -0.497 e. The fraction of sp³-hybridized carbons (Fsp3) is 0.318. The molecule has 0 saturated carbocycles. The smallest absolute Gasteiger partial charge is 0.271 e. The fourth-order valence-corrected chi connectivity index (χ4v) is 2.88. The largest absolute Gasteiger partial charge is 0.497 e. The number of methoxy groups -OCH3 is 1. The van der Waals surface area contributed by atoms with Gasteiger partial charge in [-0.25, -0.2) is 5.43 Å². The standard InChI is InChI=1S/C22H25N3O5/c1-28-19-5-2-4-17(12-19)22(27)25-24-13-16-7-9-18(10-8-16)30-15-21(26)23-14-20-6-3-11-29-20/h2,4-5,7-10,12-13,20H,3,6,11,14-15H2,1H3,(H,23,26)(H,25,27)/b24-13-/t20-/m0/s1. The van der Waals surface area contributed by atoms with E-state index in [0.29, 0.717) is 23.6 Å². The second-order valence-electron chi connectivity index (χ2n) is 6.73. The highest BCUT2D eigenvalue weighted by molar-refractivity contribution is 5.95. The van der Waals surface area contributed by atoms with Crippen molar-refractivity contribution in [3.8, 4) is 11.5 Å². The summed E-state index contributed by atoms with van der Waals surface area (Å²) in [6.45, 7) is 1.22. The van der Waals surface area contributed by atoms with Gasteiger partial charge in [0.1, 0.15) is 11.5 Å². The number of hydrogen-bond acceptors (Lipinski definition) is 6. The van der Waals surface area contributed by atoms with Crippen molar-refractivity contribution in [3.05, 3.63) is 59.7 Å². The van der Waals surface area contributed by atoms with E-state index in [9.17, 15) is 9.59 Å². The molecule has 2 amide bonds. The normalized spacial score (nSPS) is 15.7. The van der Waals surface area contributed by atoms with Crippen LogP contribution in [0, 0.1) is 0 Å². The van der Waals surface area contributed by atoms with E-state index >= 15 is 0 Å². The molecule has 8 heteroatoms. The van der Waals surface area contributed by atoms with Crippen LogP contribution in [0.5, 0.6) is 11.5 Å². The summed E-state index contributed by atoms with van der Waals surface area (Å²) in [4.78, 5) is 23.9. The third-order valence-electron chi connectivity index (χ3n) is 4.51. The fourth-order valence-electron chi connectivity index (χ4n) is 2.88. The maximum absolute atomic E-state index is 12.1. The Kier molecular flexibility index (Phi) is 7.79. The molecule has 30 heavy (non-hydrogen) atoms. The number of ether oxygens (including phenoxy) is 3. The summed E-state index contributed by atoms with van der Waals surface area (Å²) in [6, 6.07) is 13.8. The molecule has 8 nitrogen and oxygen atoms in total. The lowest BCUT2D eigenvalue weighted by Gasteiger charge is -2.11. The number of hydrogen-bond donors (Lipinski definition) is 2. The molecule has 1 heterocycles. The van der Waals surface area contributed by atoms with Gasteiger partial charge in [0.2, 0.25) is 0 Å². The van der Waals surface area contributed by atoms with Gasteiger partial charge in [-0.2, -0.15) is 5.10 Å². The van der Waals surface area contributed by atoms with Gasteiger partial charge in [0.15, 0.2) is 6.61 Å². The molecule has 158 valence electrons. The van der Waals surface area contributed by atoms with Crippen LogP contribution in [0.1, 0.15) is 28.8 Å². The van der Waals surface area contributed by atoms with E-state index in [2.05, 4.69) is 15.8 Å². The van der Waals surface area contributed by atoms with Crippen molar-refractivity contribution in [2.75, 3.05) is 26.9 Å². The van der Waals surface area contributed by atoms with Crippen molar-refractivity contribution in [1.29, 1.82) is 0 Å². The minimum atomic E-state index is -0.334. The van der Waals surface area contributed by atoms with Gasteiger partial charge in [-0.1, -0.05) is 6.07 Å². The van der Waals surface area contributed by atoms with Gasteiger partial charge in [-0.05, 0) is 60.9 Å². The van der Waals surface area contributed by atoms with Crippen LogP contribution in [-0.2, 0) is 9.53 Å². The Morgan fingerprint density at radius 2 is 2.03 bits per heavy atom. The van der Waals surface area contributed by atoms with Crippen molar-refractivity contribution in [1.82, 2.24) is 10.7 Å². The lowest BCUT2D eigenvalue weighted by molar-refractivity contribution is -0.123. The summed E-state index contributed by atoms with van der Waals surface area (Å²) in [7, 11) is 1.54. The maximum atomic E-state index is 12.1. The van der Waals surface area contributed by atoms with Crippen molar-refractivity contribution in [2.24, 2.45) is 5.10 Å². The third kappa shape index (κ3) is 6.59. The van der Waals surface area contributed by atoms with Crippen molar-refractivity contribution in [3.63, 3.8) is 0 Å². The van der Waals surface area contributed by atoms with E-state index in [1.807, 2.05) is 0 Å². The number of carbonyl (C=O) groups excluding carboxylic acids is 2. The zero-order valence-corrected chi connectivity index (χ0v) is 16.8. The molecule has 3 rings (SSSR count). The number of carbonyl (C=O) groups is 2. The van der Waals surface area contributed by atoms with E-state index < -0.39 is 0 Å². The number of benzene rings is 2. The highest BCUT2D eigenvalue weighted by Crippen LogP contribution is 2.13. The Morgan fingerprint density at radius 3 is 2.77 bits per heavy atom. The van der Waals surface area contributed by atoms with Crippen LogP contribution in [-0.4, -0.2) is 51.0 Å². The van der Waals surface area contributed by atoms with E-state index in [4.69, 9.17) is 14.2 Å². The molecule has 0 unspecified atom stereocenters. The van der Waals surface area contributed by atoms with Crippen LogP contribution in [0.4, 0.5) is 0 Å². The van der Waals surface area contributed by atoms with Crippen LogP contribution in [0.3, 0.4) is 0 Å². The predicted octanol–water partition coefficient (Wildman–Crippen LogP) is 2.13. The molecule has 1 atom stereocenters. The monoisotopic (exact) mass is 411 g/mol. The summed E-state index contributed by atoms with van der Waals surface area (Å²) in [5.74, 6) is 0.651. The third-order valence-corrected chi connectivity index (χ3v) is 4.51. The van der Waals surface area contributed by atoms with Gasteiger partial charge in [-0.3, -0.25) is 9.59 Å². The Morgan fingerprint density at radius 1 is 1.20 bits per heavy atom. The lowest BCUT2D eigenvalue weighted by atomic mass is 10.2. The van der Waals surface area contributed by atoms with E-state index in [0.717, 1.165) is 25.0 Å². The molecule has 2 aromatic rings. The van der Waals surface area contributed by atoms with E-state index in [-0.39, 0.29) is 24.5 Å². The van der Waals surface area contributed by atoms with Gasteiger partial charge in [0.05, 0.1) is 19.4 Å². The van der Waals surface area contributed by atoms with Gasteiger partial charge < -0.3 is 19.5 Å². The zero-order valence-electron chi connectivity index (χ0n) is 16.8. The summed E-state index contributed by atoms with van der Waals surface area (Å²) < 4.78 is 16.0. The van der Waals surface area contributed by atoms with Crippen LogP contribution in [0.2, 0.25) is 0 Å². The zero-order chi connectivity index (χ0) is 21.2. The molecule has 0 bridgehead atoms. The molecule has 1 aliphatic rings. The SMILES string of the molecule is COc1cccc(C(=O)N/N=C\c2ccc(OCC(=O)NC[C@@H]3CCCO3)cc2)c1. The molecule has 1 saturated heterocycles. The number of hydrazone groups is 1. The molecule has 2 aromatic carbocycles. The second-order valence-corrected chi connectivity index (χ2v) is 6.73. The molecular formula is C22H25N3O5. The van der Waals surface area contributed by atoms with E-state index in [1.165, 1.54) is 6.21 Å². The molecule has 0 spiro atoms. The Labute approximate surface area is 175 Å². The number of nitrogens with one attached hydrogen (secondary N) is 2. The molecule has 0 aliphatic carbocycles. The van der Waals surface area contributed by atoms with Crippen LogP contribution < -0.4 is 20.2 Å². The van der Waals surface area contributed by atoms with Crippen molar-refractivity contribution < 1.29 is 23.8 Å². The summed E-state index contributed by atoms with van der Waals surface area (Å²) in [6.07, 6.45) is 3.65. The summed E-state index contributed by atoms with van der Waals surface area (Å²) in [5.41, 5.74) is 3.70. The van der Waals surface area contributed by atoms with E-state index in [1.54, 1.807) is 55.6 Å². The van der Waals surface area contributed by atoms with Crippen LogP contribution in [0.15, 0.2) is 53.6 Å². The average Bonchev–Trinajstić information content (AvgIpc) is 3.31. The molecule has 1 aliphatic heterocycles. The topological polar surface area (TPSA) is 98.3 Å². The summed E-state index contributed by atoms with van der Waals surface area (Å²) >= 11 is 0. The van der Waals surface area contributed by atoms with Crippen molar-refractivity contribution >= 4 is 18.0 Å². The lowest BCUT2D eigenvalue weighted by Crippen LogP contribution is -2.35. The Hall–Kier alpha value is -3.39. The van der Waals surface area contributed by atoms with Crippen molar-refractivity contribution in [2.45, 2.75) is 18.9 Å². The van der Waals surface area contributed by atoms with Gasteiger partial charge in [-0.15, -0.1) is 0 Å². The number of nitrogens with zero attached hydrogens (tertiary/aromatic N) is 1. The molecule has 0 aromatic heterocycles. The number of rotatable bonds is 9. The molecule has 1 fully saturated rings. The quantitative estimate of drug-likeness (QED) is 0.487. The summed E-state index contributed by atoms with van der Waals surface area (Å²) in [5, 5.41) is 6.76. The maximum Gasteiger partial charge on any atom is 0.271 e. The molecule has 2 N–H and O–H groups in total. The molecular weight excluding hydrogens is 386 g/mol. The highest BCUT2D eigenvalue weighted by atomic mass is 16.5. The van der Waals surface area contributed by atoms with Gasteiger partial charge in [0.25, 0.3) is 11.8 Å². The van der Waals surface area contributed by atoms with Gasteiger partial charge >= 0.3 is 0 Å².